The second-order valence-corrected chi connectivity index (χ2v) is 6.10. The number of nitrogens with two attached hydrogens (primary N) is 1. The van der Waals surface area contributed by atoms with E-state index in [2.05, 4.69) is 5.32 Å². The number of alkyl halides is 3. The van der Waals surface area contributed by atoms with Crippen molar-refractivity contribution in [1.29, 1.82) is 0 Å². The van der Waals surface area contributed by atoms with Gasteiger partial charge in [0.25, 0.3) is 0 Å². The monoisotopic (exact) mass is 384 g/mol. The number of benzene rings is 2. The molecule has 0 radical (unpaired) electrons. The zero-order chi connectivity index (χ0) is 19.3. The van der Waals surface area contributed by atoms with Crippen LogP contribution >= 0.6 is 11.6 Å². The van der Waals surface area contributed by atoms with Crippen LogP contribution in [0.4, 0.5) is 13.2 Å². The minimum Gasteiger partial charge on any atom is -0.368 e. The van der Waals surface area contributed by atoms with Crippen LogP contribution in [0.15, 0.2) is 48.5 Å². The fourth-order valence-corrected chi connectivity index (χ4v) is 2.56. The number of hydrogen-bond acceptors (Lipinski definition) is 2. The maximum Gasteiger partial charge on any atom is 0.416 e. The fourth-order valence-electron chi connectivity index (χ4n) is 2.35. The molecule has 8 heteroatoms. The molecule has 0 bridgehead atoms. The smallest absolute Gasteiger partial charge is 0.368 e. The van der Waals surface area contributed by atoms with Crippen molar-refractivity contribution in [2.45, 2.75) is 25.1 Å². The molecule has 3 N–H and O–H groups in total. The van der Waals surface area contributed by atoms with Crippen LogP contribution < -0.4 is 11.1 Å². The third-order valence-corrected chi connectivity index (χ3v) is 4.08. The number of rotatable bonds is 6. The van der Waals surface area contributed by atoms with Crippen LogP contribution in [0.5, 0.6) is 0 Å². The van der Waals surface area contributed by atoms with Crippen LogP contribution in [-0.2, 0) is 28.6 Å². The Balaban J connectivity index is 2.02. The lowest BCUT2D eigenvalue weighted by Crippen LogP contribution is -2.46. The summed E-state index contributed by atoms with van der Waals surface area (Å²) in [6.07, 6.45) is -4.50. The Morgan fingerprint density at radius 1 is 1.08 bits per heavy atom. The van der Waals surface area contributed by atoms with E-state index >= 15 is 0 Å². The van der Waals surface area contributed by atoms with Crippen molar-refractivity contribution < 1.29 is 22.8 Å². The van der Waals surface area contributed by atoms with Crippen molar-refractivity contribution in [3.05, 3.63) is 70.2 Å². The topological polar surface area (TPSA) is 72.2 Å². The third kappa shape index (κ3) is 5.49. The highest BCUT2D eigenvalue weighted by molar-refractivity contribution is 6.31. The van der Waals surface area contributed by atoms with Gasteiger partial charge in [0.1, 0.15) is 6.04 Å². The molecule has 0 aliphatic heterocycles. The molecule has 1 atom stereocenters. The molecule has 0 aliphatic carbocycles. The van der Waals surface area contributed by atoms with E-state index < -0.39 is 29.6 Å². The lowest BCUT2D eigenvalue weighted by atomic mass is 10.0. The number of nitrogens with one attached hydrogen (secondary N) is 1. The van der Waals surface area contributed by atoms with Gasteiger partial charge in [0.2, 0.25) is 11.8 Å². The Bertz CT molecular complexity index is 792. The fraction of sp³-hybridized carbons (Fsp3) is 0.222. The molecule has 26 heavy (non-hydrogen) atoms. The maximum absolute atomic E-state index is 12.5. The van der Waals surface area contributed by atoms with E-state index in [-0.39, 0.29) is 12.8 Å². The summed E-state index contributed by atoms with van der Waals surface area (Å²) in [5, 5.41) is 2.93. The number of primary amides is 1. The minimum atomic E-state index is -4.44. The highest BCUT2D eigenvalue weighted by Gasteiger charge is 2.30. The van der Waals surface area contributed by atoms with Crippen LogP contribution in [0.3, 0.4) is 0 Å². The molecule has 0 spiro atoms. The first-order valence-electron chi connectivity index (χ1n) is 7.65. The Morgan fingerprint density at radius 3 is 2.23 bits per heavy atom. The van der Waals surface area contributed by atoms with Gasteiger partial charge in [0.15, 0.2) is 0 Å². The summed E-state index contributed by atoms with van der Waals surface area (Å²) in [6, 6.07) is 10.1. The molecular formula is C18H16ClF3N2O2. The lowest BCUT2D eigenvalue weighted by molar-refractivity contribution is -0.137. The van der Waals surface area contributed by atoms with E-state index in [1.807, 2.05) is 0 Å². The zero-order valence-corrected chi connectivity index (χ0v) is 14.3. The van der Waals surface area contributed by atoms with Crippen molar-refractivity contribution in [2.24, 2.45) is 5.73 Å². The molecule has 4 nitrogen and oxygen atoms in total. The van der Waals surface area contributed by atoms with Crippen LogP contribution in [0.25, 0.3) is 0 Å². The molecule has 0 aliphatic rings. The molecule has 0 saturated heterocycles. The summed E-state index contributed by atoms with van der Waals surface area (Å²) in [7, 11) is 0. The molecule has 0 heterocycles. The quantitative estimate of drug-likeness (QED) is 0.803. The predicted molar refractivity (Wildman–Crippen MR) is 91.4 cm³/mol. The van der Waals surface area contributed by atoms with Gasteiger partial charge >= 0.3 is 6.18 Å². The molecule has 2 aromatic carbocycles. The first kappa shape index (κ1) is 19.8. The van der Waals surface area contributed by atoms with E-state index in [9.17, 15) is 22.8 Å². The normalized spacial score (nSPS) is 12.5. The Morgan fingerprint density at radius 2 is 1.69 bits per heavy atom. The SMILES string of the molecule is NC(=O)[C@@H](Cc1ccccc1Cl)NC(=O)Cc1ccc(C(F)(F)F)cc1. The Labute approximate surface area is 153 Å². The van der Waals surface area contributed by atoms with Crippen LogP contribution in [0.2, 0.25) is 5.02 Å². The van der Waals surface area contributed by atoms with Crippen molar-refractivity contribution in [3.63, 3.8) is 0 Å². The molecule has 0 unspecified atom stereocenters. The van der Waals surface area contributed by atoms with Gasteiger partial charge in [-0.3, -0.25) is 9.59 Å². The second-order valence-electron chi connectivity index (χ2n) is 5.69. The molecule has 0 saturated carbocycles. The van der Waals surface area contributed by atoms with Gasteiger partial charge in [-0.1, -0.05) is 41.9 Å². The number of carbonyl (C=O) groups is 2. The highest BCUT2D eigenvalue weighted by Crippen LogP contribution is 2.29. The number of amides is 2. The third-order valence-electron chi connectivity index (χ3n) is 3.71. The molecule has 2 rings (SSSR count). The van der Waals surface area contributed by atoms with Gasteiger partial charge in [-0.25, -0.2) is 0 Å². The second kappa shape index (κ2) is 8.23. The van der Waals surface area contributed by atoms with E-state index in [1.165, 1.54) is 12.1 Å². The van der Waals surface area contributed by atoms with Gasteiger partial charge < -0.3 is 11.1 Å². The van der Waals surface area contributed by atoms with Gasteiger partial charge in [0, 0.05) is 11.4 Å². The first-order chi connectivity index (χ1) is 12.2. The van der Waals surface area contributed by atoms with Crippen molar-refractivity contribution >= 4 is 23.4 Å². The Hall–Kier alpha value is -2.54. The first-order valence-corrected chi connectivity index (χ1v) is 8.03. The summed E-state index contributed by atoms with van der Waals surface area (Å²) >= 11 is 6.03. The average molecular weight is 385 g/mol. The molecular weight excluding hydrogens is 369 g/mol. The number of hydrogen-bond donors (Lipinski definition) is 2. The lowest BCUT2D eigenvalue weighted by Gasteiger charge is -2.16. The zero-order valence-electron chi connectivity index (χ0n) is 13.5. The number of halogens is 4. The minimum absolute atomic E-state index is 0.119. The molecule has 0 fully saturated rings. The largest absolute Gasteiger partial charge is 0.416 e. The summed E-state index contributed by atoms with van der Waals surface area (Å²) in [6.45, 7) is 0. The summed E-state index contributed by atoms with van der Waals surface area (Å²) in [5.41, 5.74) is 5.56. The van der Waals surface area contributed by atoms with Gasteiger partial charge in [-0.2, -0.15) is 13.2 Å². The Kier molecular flexibility index (Phi) is 6.26. The molecule has 0 aromatic heterocycles. The summed E-state index contributed by atoms with van der Waals surface area (Å²) in [4.78, 5) is 23.7. The van der Waals surface area contributed by atoms with Crippen molar-refractivity contribution in [2.75, 3.05) is 0 Å². The maximum atomic E-state index is 12.5. The van der Waals surface area contributed by atoms with E-state index in [0.717, 1.165) is 12.1 Å². The number of carbonyl (C=O) groups excluding carboxylic acids is 2. The van der Waals surface area contributed by atoms with Crippen LogP contribution in [-0.4, -0.2) is 17.9 Å². The van der Waals surface area contributed by atoms with Crippen molar-refractivity contribution in [3.8, 4) is 0 Å². The van der Waals surface area contributed by atoms with Gasteiger partial charge in [-0.05, 0) is 29.3 Å². The van der Waals surface area contributed by atoms with E-state index in [1.54, 1.807) is 24.3 Å². The molecule has 138 valence electrons. The predicted octanol–water partition coefficient (Wildman–Crippen LogP) is 3.11. The van der Waals surface area contributed by atoms with Crippen LogP contribution in [0, 0.1) is 0 Å². The highest BCUT2D eigenvalue weighted by atomic mass is 35.5. The van der Waals surface area contributed by atoms with Gasteiger partial charge in [0.05, 0.1) is 12.0 Å². The molecule has 2 aromatic rings. The van der Waals surface area contributed by atoms with Crippen LogP contribution in [0.1, 0.15) is 16.7 Å². The van der Waals surface area contributed by atoms with E-state index in [4.69, 9.17) is 17.3 Å². The van der Waals surface area contributed by atoms with E-state index in [0.29, 0.717) is 16.1 Å². The standard InChI is InChI=1S/C18H16ClF3N2O2/c19-14-4-2-1-3-12(14)10-15(17(23)26)24-16(25)9-11-5-7-13(8-6-11)18(20,21)22/h1-8,15H,9-10H2,(H2,23,26)(H,24,25)/t15-/m1/s1. The summed E-state index contributed by atoms with van der Waals surface area (Å²) in [5.74, 6) is -1.26. The van der Waals surface area contributed by atoms with Crippen molar-refractivity contribution in [1.82, 2.24) is 5.32 Å². The summed E-state index contributed by atoms with van der Waals surface area (Å²) < 4.78 is 37.6. The average Bonchev–Trinajstić information content (AvgIpc) is 2.55. The van der Waals surface area contributed by atoms with Gasteiger partial charge in [-0.15, -0.1) is 0 Å². The molecule has 2 amide bonds.